The lowest BCUT2D eigenvalue weighted by Gasteiger charge is -2.17. The standard InChI is InChI=1S/C18H22O2/c1-11(2)14-5-7-15(8-6-14)18(20)17-13(4)9-12(3)10-16(17)19/h5-11,18-20H,1-4H3/t18-/m0/s1. The minimum Gasteiger partial charge on any atom is -0.508 e. The van der Waals surface area contributed by atoms with E-state index >= 15 is 0 Å². The average Bonchev–Trinajstić information content (AvgIpc) is 2.37. The van der Waals surface area contributed by atoms with Gasteiger partial charge in [0.1, 0.15) is 11.9 Å². The fourth-order valence-corrected chi connectivity index (χ4v) is 2.54. The number of aryl methyl sites for hydroxylation is 2. The zero-order chi connectivity index (χ0) is 14.9. The molecule has 20 heavy (non-hydrogen) atoms. The third kappa shape index (κ3) is 2.86. The molecule has 0 bridgehead atoms. The molecule has 0 aliphatic rings. The molecule has 0 unspecified atom stereocenters. The second kappa shape index (κ2) is 5.68. The van der Waals surface area contributed by atoms with Gasteiger partial charge in [0, 0.05) is 5.56 Å². The summed E-state index contributed by atoms with van der Waals surface area (Å²) in [5.41, 5.74) is 4.53. The maximum absolute atomic E-state index is 10.5. The van der Waals surface area contributed by atoms with Crippen molar-refractivity contribution in [2.75, 3.05) is 0 Å². The van der Waals surface area contributed by atoms with Gasteiger partial charge in [0.05, 0.1) is 0 Å². The van der Waals surface area contributed by atoms with Crippen LogP contribution in [0.1, 0.15) is 53.7 Å². The van der Waals surface area contributed by atoms with E-state index in [1.54, 1.807) is 6.07 Å². The number of aliphatic hydroxyl groups is 1. The zero-order valence-electron chi connectivity index (χ0n) is 12.5. The number of phenolic OH excluding ortho intramolecular Hbond substituents is 1. The van der Waals surface area contributed by atoms with Crippen molar-refractivity contribution < 1.29 is 10.2 Å². The largest absolute Gasteiger partial charge is 0.508 e. The molecule has 0 saturated carbocycles. The number of aromatic hydroxyl groups is 1. The van der Waals surface area contributed by atoms with Gasteiger partial charge in [-0.2, -0.15) is 0 Å². The monoisotopic (exact) mass is 270 g/mol. The number of aliphatic hydroxyl groups excluding tert-OH is 1. The van der Waals surface area contributed by atoms with Gasteiger partial charge in [0.25, 0.3) is 0 Å². The summed E-state index contributed by atoms with van der Waals surface area (Å²) in [5.74, 6) is 0.624. The molecule has 0 saturated heterocycles. The van der Waals surface area contributed by atoms with E-state index in [0.29, 0.717) is 11.5 Å². The molecule has 106 valence electrons. The van der Waals surface area contributed by atoms with Gasteiger partial charge in [-0.1, -0.05) is 44.2 Å². The molecule has 0 aliphatic heterocycles. The Hall–Kier alpha value is -1.80. The van der Waals surface area contributed by atoms with E-state index in [4.69, 9.17) is 0 Å². The number of hydrogen-bond donors (Lipinski definition) is 2. The Labute approximate surface area is 120 Å². The highest BCUT2D eigenvalue weighted by molar-refractivity contribution is 5.47. The van der Waals surface area contributed by atoms with Gasteiger partial charge in [-0.15, -0.1) is 0 Å². The normalized spacial score (nSPS) is 12.7. The van der Waals surface area contributed by atoms with E-state index in [-0.39, 0.29) is 5.75 Å². The third-order valence-corrected chi connectivity index (χ3v) is 3.70. The van der Waals surface area contributed by atoms with Crippen molar-refractivity contribution in [2.45, 2.75) is 39.7 Å². The number of hydrogen-bond acceptors (Lipinski definition) is 2. The van der Waals surface area contributed by atoms with E-state index in [1.807, 2.05) is 44.2 Å². The van der Waals surface area contributed by atoms with Gasteiger partial charge in [-0.25, -0.2) is 0 Å². The molecule has 0 amide bonds. The Morgan fingerprint density at radius 2 is 1.45 bits per heavy atom. The van der Waals surface area contributed by atoms with Crippen molar-refractivity contribution in [1.82, 2.24) is 0 Å². The van der Waals surface area contributed by atoms with E-state index in [9.17, 15) is 10.2 Å². The SMILES string of the molecule is Cc1cc(C)c([C@@H](O)c2ccc(C(C)C)cc2)c(O)c1. The van der Waals surface area contributed by atoms with Crippen molar-refractivity contribution in [3.8, 4) is 5.75 Å². The van der Waals surface area contributed by atoms with Crippen LogP contribution in [0.3, 0.4) is 0 Å². The molecule has 0 radical (unpaired) electrons. The highest BCUT2D eigenvalue weighted by atomic mass is 16.3. The van der Waals surface area contributed by atoms with Crippen molar-refractivity contribution in [1.29, 1.82) is 0 Å². The summed E-state index contributed by atoms with van der Waals surface area (Å²) in [4.78, 5) is 0. The first-order valence-corrected chi connectivity index (χ1v) is 6.98. The zero-order valence-corrected chi connectivity index (χ0v) is 12.5. The molecule has 0 aliphatic carbocycles. The van der Waals surface area contributed by atoms with Crippen molar-refractivity contribution in [2.24, 2.45) is 0 Å². The van der Waals surface area contributed by atoms with Crippen molar-refractivity contribution in [3.63, 3.8) is 0 Å². The minimum atomic E-state index is -0.795. The summed E-state index contributed by atoms with van der Waals surface area (Å²) >= 11 is 0. The fraction of sp³-hybridized carbons (Fsp3) is 0.333. The van der Waals surface area contributed by atoms with Gasteiger partial charge in [0.2, 0.25) is 0 Å². The number of rotatable bonds is 3. The third-order valence-electron chi connectivity index (χ3n) is 3.70. The lowest BCUT2D eigenvalue weighted by molar-refractivity contribution is 0.214. The van der Waals surface area contributed by atoms with E-state index in [1.165, 1.54) is 5.56 Å². The van der Waals surface area contributed by atoms with Crippen molar-refractivity contribution in [3.05, 3.63) is 64.2 Å². The molecule has 0 heterocycles. The van der Waals surface area contributed by atoms with Gasteiger partial charge < -0.3 is 10.2 Å². The summed E-state index contributed by atoms with van der Waals surface area (Å²) in [6.45, 7) is 8.12. The molecule has 0 aromatic heterocycles. The van der Waals surface area contributed by atoms with Crippen LogP contribution in [-0.4, -0.2) is 10.2 Å². The molecular formula is C18H22O2. The second-order valence-electron chi connectivity index (χ2n) is 5.74. The van der Waals surface area contributed by atoms with Gasteiger partial charge in [-0.05, 0) is 48.1 Å². The van der Waals surface area contributed by atoms with E-state index in [0.717, 1.165) is 16.7 Å². The number of phenols is 1. The Balaban J connectivity index is 2.38. The lowest BCUT2D eigenvalue weighted by Crippen LogP contribution is -2.03. The van der Waals surface area contributed by atoms with Crippen LogP contribution in [0.5, 0.6) is 5.75 Å². The predicted octanol–water partition coefficient (Wildman–Crippen LogP) is 4.21. The number of benzene rings is 2. The summed E-state index contributed by atoms with van der Waals surface area (Å²) in [5, 5.41) is 20.6. The van der Waals surface area contributed by atoms with Gasteiger partial charge in [0.15, 0.2) is 0 Å². The molecule has 2 aromatic carbocycles. The minimum absolute atomic E-state index is 0.155. The van der Waals surface area contributed by atoms with Crippen LogP contribution in [0.2, 0.25) is 0 Å². The van der Waals surface area contributed by atoms with Gasteiger partial charge in [-0.3, -0.25) is 0 Å². The summed E-state index contributed by atoms with van der Waals surface area (Å²) in [6.07, 6.45) is -0.795. The second-order valence-corrected chi connectivity index (χ2v) is 5.74. The van der Waals surface area contributed by atoms with Crippen LogP contribution in [0.4, 0.5) is 0 Å². The summed E-state index contributed by atoms with van der Waals surface area (Å²) < 4.78 is 0. The smallest absolute Gasteiger partial charge is 0.122 e. The highest BCUT2D eigenvalue weighted by Crippen LogP contribution is 2.33. The molecule has 2 aromatic rings. The van der Waals surface area contributed by atoms with Crippen LogP contribution in [-0.2, 0) is 0 Å². The summed E-state index contributed by atoms with van der Waals surface area (Å²) in [6, 6.07) is 11.6. The van der Waals surface area contributed by atoms with Gasteiger partial charge >= 0.3 is 0 Å². The Morgan fingerprint density at radius 3 is 1.95 bits per heavy atom. The molecule has 2 nitrogen and oxygen atoms in total. The molecule has 2 N–H and O–H groups in total. The fourth-order valence-electron chi connectivity index (χ4n) is 2.54. The maximum Gasteiger partial charge on any atom is 0.122 e. The lowest BCUT2D eigenvalue weighted by atomic mass is 9.93. The van der Waals surface area contributed by atoms with Crippen LogP contribution >= 0.6 is 0 Å². The highest BCUT2D eigenvalue weighted by Gasteiger charge is 2.17. The Morgan fingerprint density at radius 1 is 0.900 bits per heavy atom. The Bertz CT molecular complexity index is 574. The molecule has 1 atom stereocenters. The summed E-state index contributed by atoms with van der Waals surface area (Å²) in [7, 11) is 0. The molecule has 2 heteroatoms. The molecule has 2 rings (SSSR count). The topological polar surface area (TPSA) is 40.5 Å². The van der Waals surface area contributed by atoms with E-state index in [2.05, 4.69) is 13.8 Å². The first-order valence-electron chi connectivity index (χ1n) is 6.98. The van der Waals surface area contributed by atoms with E-state index < -0.39 is 6.10 Å². The first-order chi connectivity index (χ1) is 9.40. The quantitative estimate of drug-likeness (QED) is 0.877. The van der Waals surface area contributed by atoms with Crippen LogP contribution in [0.25, 0.3) is 0 Å². The Kier molecular flexibility index (Phi) is 4.15. The molecular weight excluding hydrogens is 248 g/mol. The van der Waals surface area contributed by atoms with Crippen LogP contribution in [0.15, 0.2) is 36.4 Å². The van der Waals surface area contributed by atoms with Crippen LogP contribution in [0, 0.1) is 13.8 Å². The van der Waals surface area contributed by atoms with Crippen molar-refractivity contribution >= 4 is 0 Å². The molecule has 0 fully saturated rings. The first kappa shape index (κ1) is 14.6. The average molecular weight is 270 g/mol. The molecule has 0 spiro atoms. The maximum atomic E-state index is 10.5. The predicted molar refractivity (Wildman–Crippen MR) is 82.2 cm³/mol. The van der Waals surface area contributed by atoms with Crippen LogP contribution < -0.4 is 0 Å².